The lowest BCUT2D eigenvalue weighted by atomic mass is 9.88. The number of hydrogen-bond acceptors (Lipinski definition) is 7. The van der Waals surface area contributed by atoms with Gasteiger partial charge in [0.05, 0.1) is 0 Å². The largest absolute Gasteiger partial charge is 0.508 e. The SMILES string of the molecule is Cc1ccc2c(c1)CCCC2=O.O=C1CCCc2cc(-c3ccc(O)cc3)ccc21.O=C1CCCc2cc(O)ccc21.Oc1ccc(-c2ccc3c(O)cccc3c2)cc1. The van der Waals surface area contributed by atoms with E-state index in [1.807, 2.05) is 78.9 Å². The lowest BCUT2D eigenvalue weighted by Gasteiger charge is -2.15. The van der Waals surface area contributed by atoms with Gasteiger partial charge in [-0.3, -0.25) is 14.4 Å². The van der Waals surface area contributed by atoms with Crippen LogP contribution in [0.5, 0.6) is 23.0 Å². The predicted octanol–water partition coefficient (Wildman–Crippen LogP) is 11.9. The molecule has 0 saturated heterocycles. The fourth-order valence-electron chi connectivity index (χ4n) is 7.99. The Bertz CT molecular complexity index is 2610. The van der Waals surface area contributed by atoms with Crippen molar-refractivity contribution in [1.82, 2.24) is 0 Å². The first-order chi connectivity index (χ1) is 29.0. The maximum atomic E-state index is 11.7. The van der Waals surface area contributed by atoms with Crippen LogP contribution in [0.15, 0.2) is 140 Å². The highest BCUT2D eigenvalue weighted by molar-refractivity contribution is 6.00. The summed E-state index contributed by atoms with van der Waals surface area (Å²) in [4.78, 5) is 34.5. The van der Waals surface area contributed by atoms with Crippen molar-refractivity contribution in [3.8, 4) is 45.3 Å². The molecule has 0 unspecified atom stereocenters. The van der Waals surface area contributed by atoms with Gasteiger partial charge < -0.3 is 20.4 Å². The predicted molar refractivity (Wildman–Crippen MR) is 237 cm³/mol. The monoisotopic (exact) mass is 796 g/mol. The molecule has 0 amide bonds. The van der Waals surface area contributed by atoms with Crippen LogP contribution in [0.2, 0.25) is 0 Å². The summed E-state index contributed by atoms with van der Waals surface area (Å²) in [6.07, 6.45) is 7.90. The molecule has 0 spiro atoms. The number of fused-ring (bicyclic) bond motifs is 4. The zero-order valence-corrected chi connectivity index (χ0v) is 33.7. The average molecular weight is 797 g/mol. The molecule has 0 radical (unpaired) electrons. The second-order valence-electron chi connectivity index (χ2n) is 15.5. The van der Waals surface area contributed by atoms with E-state index in [4.69, 9.17) is 5.11 Å². The number of carbonyl (C=O) groups excluding carboxylic acids is 3. The van der Waals surface area contributed by atoms with Gasteiger partial charge in [-0.25, -0.2) is 0 Å². The van der Waals surface area contributed by atoms with Gasteiger partial charge in [0, 0.05) is 41.3 Å². The molecule has 0 heterocycles. The summed E-state index contributed by atoms with van der Waals surface area (Å²) in [6, 6.07) is 42.7. The summed E-state index contributed by atoms with van der Waals surface area (Å²) < 4.78 is 0. The van der Waals surface area contributed by atoms with Crippen molar-refractivity contribution < 1.29 is 34.8 Å². The molecule has 10 rings (SSSR count). The van der Waals surface area contributed by atoms with Crippen LogP contribution < -0.4 is 0 Å². The average Bonchev–Trinajstić information content (AvgIpc) is 3.25. The van der Waals surface area contributed by atoms with Crippen LogP contribution in [0, 0.1) is 6.92 Å². The van der Waals surface area contributed by atoms with E-state index in [0.717, 1.165) is 106 Å². The topological polar surface area (TPSA) is 132 Å². The number of Topliss-reactive ketones (excluding diaryl/α,β-unsaturated/α-hetero) is 3. The zero-order chi connectivity index (χ0) is 42.2. The van der Waals surface area contributed by atoms with Crippen LogP contribution in [-0.4, -0.2) is 37.8 Å². The summed E-state index contributed by atoms with van der Waals surface area (Å²) in [7, 11) is 0. The zero-order valence-electron chi connectivity index (χ0n) is 33.7. The van der Waals surface area contributed by atoms with Crippen LogP contribution in [0.25, 0.3) is 33.0 Å². The summed E-state index contributed by atoms with van der Waals surface area (Å²) >= 11 is 0. The lowest BCUT2D eigenvalue weighted by molar-refractivity contribution is 0.0964. The van der Waals surface area contributed by atoms with Gasteiger partial charge in [-0.1, -0.05) is 90.5 Å². The quantitative estimate of drug-likeness (QED) is 0.137. The van der Waals surface area contributed by atoms with Gasteiger partial charge in [-0.05, 0) is 144 Å². The molecular weight excluding hydrogens is 749 g/mol. The van der Waals surface area contributed by atoms with Gasteiger partial charge in [-0.15, -0.1) is 0 Å². The smallest absolute Gasteiger partial charge is 0.163 e. The van der Waals surface area contributed by atoms with Crippen LogP contribution in [0.4, 0.5) is 0 Å². The fraction of sp³-hybridized carbons (Fsp3) is 0.189. The molecule has 7 nitrogen and oxygen atoms in total. The third kappa shape index (κ3) is 9.99. The molecule has 0 aliphatic heterocycles. The number of phenolic OH excluding ortho intramolecular Hbond substituents is 4. The molecule has 7 aromatic rings. The molecule has 3 aliphatic carbocycles. The van der Waals surface area contributed by atoms with Gasteiger partial charge in [0.25, 0.3) is 0 Å². The highest BCUT2D eigenvalue weighted by Crippen LogP contribution is 2.31. The molecular formula is C53H48O7. The molecule has 0 fully saturated rings. The van der Waals surface area contributed by atoms with Crippen molar-refractivity contribution in [1.29, 1.82) is 0 Å². The number of aryl methyl sites for hydroxylation is 4. The van der Waals surface area contributed by atoms with Crippen molar-refractivity contribution >= 4 is 28.1 Å². The molecule has 4 N–H and O–H groups in total. The Morgan fingerprint density at radius 3 is 1.38 bits per heavy atom. The van der Waals surface area contributed by atoms with Crippen LogP contribution in [0.1, 0.15) is 91.9 Å². The third-order valence-corrected chi connectivity index (χ3v) is 11.2. The summed E-state index contributed by atoms with van der Waals surface area (Å²) in [6.45, 7) is 2.07. The molecule has 7 aromatic carbocycles. The van der Waals surface area contributed by atoms with Crippen molar-refractivity contribution in [2.75, 3.05) is 0 Å². The number of aromatic hydroxyl groups is 4. The molecule has 302 valence electrons. The molecule has 60 heavy (non-hydrogen) atoms. The number of ketones is 3. The maximum absolute atomic E-state index is 11.7. The molecule has 0 bridgehead atoms. The molecule has 0 atom stereocenters. The van der Waals surface area contributed by atoms with Gasteiger partial charge in [0.2, 0.25) is 0 Å². The Morgan fingerprint density at radius 2 is 0.817 bits per heavy atom. The second-order valence-corrected chi connectivity index (χ2v) is 15.5. The fourth-order valence-corrected chi connectivity index (χ4v) is 7.99. The second kappa shape index (κ2) is 18.7. The van der Waals surface area contributed by atoms with Gasteiger partial charge >= 0.3 is 0 Å². The molecule has 0 aromatic heterocycles. The van der Waals surface area contributed by atoms with Crippen molar-refractivity contribution in [2.24, 2.45) is 0 Å². The van der Waals surface area contributed by atoms with Crippen LogP contribution in [-0.2, 0) is 19.3 Å². The van der Waals surface area contributed by atoms with Gasteiger partial charge in [0.1, 0.15) is 23.0 Å². The third-order valence-electron chi connectivity index (χ3n) is 11.2. The first kappa shape index (κ1) is 41.2. The van der Waals surface area contributed by atoms with Crippen LogP contribution >= 0.6 is 0 Å². The van der Waals surface area contributed by atoms with Crippen molar-refractivity contribution in [2.45, 2.75) is 64.7 Å². The first-order valence-electron chi connectivity index (χ1n) is 20.5. The van der Waals surface area contributed by atoms with Crippen LogP contribution in [0.3, 0.4) is 0 Å². The van der Waals surface area contributed by atoms with E-state index in [0.29, 0.717) is 24.4 Å². The normalized spacial score (nSPS) is 13.8. The van der Waals surface area contributed by atoms with E-state index in [1.54, 1.807) is 48.5 Å². The van der Waals surface area contributed by atoms with Crippen molar-refractivity contribution in [3.63, 3.8) is 0 Å². The minimum Gasteiger partial charge on any atom is -0.508 e. The highest BCUT2D eigenvalue weighted by atomic mass is 16.3. The summed E-state index contributed by atoms with van der Waals surface area (Å²) in [5.41, 5.74) is 11.5. The van der Waals surface area contributed by atoms with E-state index < -0.39 is 0 Å². The minimum absolute atomic E-state index is 0.205. The van der Waals surface area contributed by atoms with E-state index in [2.05, 4.69) is 19.1 Å². The minimum atomic E-state index is 0.205. The molecule has 0 saturated carbocycles. The highest BCUT2D eigenvalue weighted by Gasteiger charge is 2.19. The van der Waals surface area contributed by atoms with E-state index in [9.17, 15) is 29.7 Å². The van der Waals surface area contributed by atoms with Crippen molar-refractivity contribution in [3.05, 3.63) is 178 Å². The number of carbonyl (C=O) groups is 3. The molecule has 3 aliphatic rings. The summed E-state index contributed by atoms with van der Waals surface area (Å²) in [5.74, 6) is 1.86. The standard InChI is InChI=1S/C16H14O2.C16H12O2.C11H12O.C10H10O2/c2*17-14-7-4-11(5-8-14)12-6-9-15-13(10-12)2-1-3-16(15)18;1-8-5-6-10-9(7-8)3-2-4-11(10)12;11-8-4-5-9-7(6-8)2-1-3-10(9)12/h4-10,17H,1-3H2;1-10,17-18H;5-7H,2-4H2,1H3;4-6,11H,1-3H2. The van der Waals surface area contributed by atoms with E-state index in [-0.39, 0.29) is 28.8 Å². The Morgan fingerprint density at radius 1 is 0.383 bits per heavy atom. The first-order valence-corrected chi connectivity index (χ1v) is 20.5. The van der Waals surface area contributed by atoms with Gasteiger partial charge in [0.15, 0.2) is 17.3 Å². The number of phenols is 4. The van der Waals surface area contributed by atoms with Gasteiger partial charge in [-0.2, -0.15) is 0 Å². The number of rotatable bonds is 2. The van der Waals surface area contributed by atoms with E-state index >= 15 is 0 Å². The Balaban J connectivity index is 0.000000123. The van der Waals surface area contributed by atoms with E-state index in [1.165, 1.54) is 11.1 Å². The number of hydrogen-bond donors (Lipinski definition) is 4. The lowest BCUT2D eigenvalue weighted by Crippen LogP contribution is -2.10. The Hall–Kier alpha value is -6.99. The Labute approximate surface area is 350 Å². The molecule has 7 heteroatoms. The Kier molecular flexibility index (Phi) is 12.9. The summed E-state index contributed by atoms with van der Waals surface area (Å²) in [5, 5.41) is 39.3. The maximum Gasteiger partial charge on any atom is 0.163 e. The number of benzene rings is 7.